The first-order valence-electron chi connectivity index (χ1n) is 9.82. The third-order valence-electron chi connectivity index (χ3n) is 5.31. The number of carbonyl (C=O) groups excluding carboxylic acids is 1. The highest BCUT2D eigenvalue weighted by atomic mass is 16.2. The van der Waals surface area contributed by atoms with Crippen LogP contribution in [0.1, 0.15) is 31.7 Å². The number of fused-ring (bicyclic) bond motifs is 1. The minimum atomic E-state index is -0.0312. The van der Waals surface area contributed by atoms with Crippen LogP contribution in [0.2, 0.25) is 0 Å². The van der Waals surface area contributed by atoms with Crippen LogP contribution in [0.4, 0.5) is 10.5 Å². The van der Waals surface area contributed by atoms with Crippen molar-refractivity contribution in [1.82, 2.24) is 19.9 Å². The Morgan fingerprint density at radius 2 is 2.11 bits per heavy atom. The van der Waals surface area contributed by atoms with Crippen molar-refractivity contribution in [3.8, 4) is 11.1 Å². The molecule has 1 N–H and O–H groups in total. The van der Waals surface area contributed by atoms with Crippen LogP contribution in [-0.4, -0.2) is 39.0 Å². The van der Waals surface area contributed by atoms with Crippen molar-refractivity contribution in [2.45, 2.75) is 33.6 Å². The minimum absolute atomic E-state index is 0.0312. The van der Waals surface area contributed by atoms with Crippen molar-refractivity contribution < 1.29 is 4.79 Å². The third-order valence-corrected chi connectivity index (χ3v) is 5.31. The number of anilines is 1. The van der Waals surface area contributed by atoms with Gasteiger partial charge < -0.3 is 10.2 Å². The van der Waals surface area contributed by atoms with E-state index < -0.39 is 0 Å². The van der Waals surface area contributed by atoms with Gasteiger partial charge in [0, 0.05) is 48.5 Å². The van der Waals surface area contributed by atoms with E-state index in [1.165, 1.54) is 0 Å². The lowest BCUT2D eigenvalue weighted by molar-refractivity contribution is 0.221. The van der Waals surface area contributed by atoms with E-state index in [1.807, 2.05) is 42.4 Å². The summed E-state index contributed by atoms with van der Waals surface area (Å²) in [5.41, 5.74) is 4.66. The summed E-state index contributed by atoms with van der Waals surface area (Å²) >= 11 is 0. The van der Waals surface area contributed by atoms with E-state index in [2.05, 4.69) is 40.2 Å². The number of likely N-dealkylation sites (tertiary alicyclic amines) is 1. The Morgan fingerprint density at radius 1 is 1.25 bits per heavy atom. The number of rotatable bonds is 3. The second-order valence-electron chi connectivity index (χ2n) is 7.58. The first-order chi connectivity index (χ1) is 13.5. The molecule has 1 aromatic carbocycles. The fourth-order valence-corrected chi connectivity index (χ4v) is 3.61. The second kappa shape index (κ2) is 7.54. The van der Waals surface area contributed by atoms with Crippen LogP contribution in [0.3, 0.4) is 0 Å². The van der Waals surface area contributed by atoms with Gasteiger partial charge in [-0.05, 0) is 48.6 Å². The molecule has 0 spiro atoms. The van der Waals surface area contributed by atoms with Crippen molar-refractivity contribution in [3.05, 3.63) is 48.0 Å². The van der Waals surface area contributed by atoms with Gasteiger partial charge in [-0.1, -0.05) is 19.9 Å². The number of aryl methyl sites for hydroxylation is 2. The topological polar surface area (TPSA) is 71.0 Å². The van der Waals surface area contributed by atoms with E-state index in [0.29, 0.717) is 11.6 Å². The molecule has 2 amide bonds. The fraction of sp³-hybridized carbons (Fsp3) is 0.364. The highest BCUT2D eigenvalue weighted by Crippen LogP contribution is 2.28. The van der Waals surface area contributed by atoms with Crippen molar-refractivity contribution >= 4 is 22.8 Å². The first-order valence-corrected chi connectivity index (χ1v) is 9.82. The molecular formula is C22H25N5O. The lowest BCUT2D eigenvalue weighted by Gasteiger charge is -2.17. The maximum atomic E-state index is 12.5. The van der Waals surface area contributed by atoms with Gasteiger partial charge in [-0.3, -0.25) is 0 Å². The number of nitrogens with zero attached hydrogens (tertiary/aromatic N) is 4. The van der Waals surface area contributed by atoms with E-state index in [0.717, 1.165) is 59.5 Å². The first kappa shape index (κ1) is 18.3. The summed E-state index contributed by atoms with van der Waals surface area (Å²) in [4.78, 5) is 27.8. The number of urea groups is 1. The predicted octanol–water partition coefficient (Wildman–Crippen LogP) is 4.44. The van der Waals surface area contributed by atoms with Crippen molar-refractivity contribution in [3.63, 3.8) is 0 Å². The van der Waals surface area contributed by atoms with Crippen molar-refractivity contribution in [2.75, 3.05) is 18.4 Å². The van der Waals surface area contributed by atoms with Crippen LogP contribution in [0.15, 0.2) is 36.7 Å². The molecule has 4 rings (SSSR count). The Bertz CT molecular complexity index is 1030. The molecule has 0 aliphatic carbocycles. The lowest BCUT2D eigenvalue weighted by Crippen LogP contribution is -2.32. The van der Waals surface area contributed by atoms with E-state index in [-0.39, 0.29) is 6.03 Å². The van der Waals surface area contributed by atoms with Gasteiger partial charge in [0.15, 0.2) is 5.65 Å². The SMILES string of the molecule is CCc1ncc2cc(-c3cc(NC(=O)N4CCC(C)C4)ccc3C)cnc2n1. The standard InChI is InChI=1S/C22H25N5O/c1-4-20-23-12-17-9-16(11-24-21(17)26-20)19-10-18(6-5-15(19)3)25-22(28)27-8-7-14(2)13-27/h5-6,9-12,14H,4,7-8,13H2,1-3H3,(H,25,28). The molecule has 1 saturated heterocycles. The van der Waals surface area contributed by atoms with E-state index in [4.69, 9.17) is 0 Å². The molecule has 6 nitrogen and oxygen atoms in total. The number of benzene rings is 1. The molecule has 28 heavy (non-hydrogen) atoms. The van der Waals surface area contributed by atoms with Crippen LogP contribution in [-0.2, 0) is 6.42 Å². The van der Waals surface area contributed by atoms with Crippen LogP contribution < -0.4 is 5.32 Å². The number of nitrogens with one attached hydrogen (secondary N) is 1. The second-order valence-corrected chi connectivity index (χ2v) is 7.58. The summed E-state index contributed by atoms with van der Waals surface area (Å²) in [7, 11) is 0. The zero-order chi connectivity index (χ0) is 19.7. The number of aromatic nitrogens is 3. The maximum absolute atomic E-state index is 12.5. The zero-order valence-electron chi connectivity index (χ0n) is 16.6. The van der Waals surface area contributed by atoms with Crippen LogP contribution >= 0.6 is 0 Å². The maximum Gasteiger partial charge on any atom is 0.321 e. The third kappa shape index (κ3) is 3.67. The molecule has 144 valence electrons. The van der Waals surface area contributed by atoms with Gasteiger partial charge in [-0.2, -0.15) is 0 Å². The van der Waals surface area contributed by atoms with E-state index >= 15 is 0 Å². The highest BCUT2D eigenvalue weighted by molar-refractivity contribution is 5.91. The number of hydrogen-bond acceptors (Lipinski definition) is 4. The molecule has 3 heterocycles. The molecule has 3 aromatic rings. The quantitative estimate of drug-likeness (QED) is 0.735. The van der Waals surface area contributed by atoms with Gasteiger partial charge in [-0.25, -0.2) is 19.7 Å². The molecule has 2 aromatic heterocycles. The molecule has 1 aliphatic rings. The monoisotopic (exact) mass is 375 g/mol. The molecule has 0 radical (unpaired) electrons. The highest BCUT2D eigenvalue weighted by Gasteiger charge is 2.23. The zero-order valence-corrected chi connectivity index (χ0v) is 16.6. The van der Waals surface area contributed by atoms with Gasteiger partial charge in [-0.15, -0.1) is 0 Å². The number of carbonyl (C=O) groups is 1. The molecule has 0 bridgehead atoms. The Labute approximate surface area is 165 Å². The minimum Gasteiger partial charge on any atom is -0.324 e. The average Bonchev–Trinajstić information content (AvgIpc) is 3.15. The molecular weight excluding hydrogens is 350 g/mol. The molecule has 1 unspecified atom stereocenters. The van der Waals surface area contributed by atoms with Gasteiger partial charge in [0.2, 0.25) is 0 Å². The Hall–Kier alpha value is -3.02. The molecule has 0 saturated carbocycles. The predicted molar refractivity (Wildman–Crippen MR) is 111 cm³/mol. The molecule has 1 fully saturated rings. The molecule has 6 heteroatoms. The smallest absolute Gasteiger partial charge is 0.321 e. The van der Waals surface area contributed by atoms with Crippen LogP contribution in [0, 0.1) is 12.8 Å². The van der Waals surface area contributed by atoms with Gasteiger partial charge in [0.05, 0.1) is 0 Å². The number of hydrogen-bond donors (Lipinski definition) is 1. The lowest BCUT2D eigenvalue weighted by atomic mass is 10.0. The Kier molecular flexibility index (Phi) is 4.94. The normalized spacial score (nSPS) is 16.5. The number of pyridine rings is 1. The van der Waals surface area contributed by atoms with Crippen LogP contribution in [0.25, 0.3) is 22.2 Å². The largest absolute Gasteiger partial charge is 0.324 e. The van der Waals surface area contributed by atoms with Gasteiger partial charge in [0.1, 0.15) is 5.82 Å². The van der Waals surface area contributed by atoms with Gasteiger partial charge in [0.25, 0.3) is 0 Å². The molecule has 1 atom stereocenters. The Morgan fingerprint density at radius 3 is 2.86 bits per heavy atom. The van der Waals surface area contributed by atoms with E-state index in [9.17, 15) is 4.79 Å². The summed E-state index contributed by atoms with van der Waals surface area (Å²) in [6.45, 7) is 7.90. The van der Waals surface area contributed by atoms with Crippen molar-refractivity contribution in [2.24, 2.45) is 5.92 Å². The summed E-state index contributed by atoms with van der Waals surface area (Å²) in [5.74, 6) is 1.36. The average molecular weight is 375 g/mol. The van der Waals surface area contributed by atoms with E-state index in [1.54, 1.807) is 0 Å². The fourth-order valence-electron chi connectivity index (χ4n) is 3.61. The summed E-state index contributed by atoms with van der Waals surface area (Å²) in [5, 5.41) is 3.95. The van der Waals surface area contributed by atoms with Gasteiger partial charge >= 0.3 is 6.03 Å². The summed E-state index contributed by atoms with van der Waals surface area (Å²) in [6, 6.07) is 8.00. The van der Waals surface area contributed by atoms with Crippen LogP contribution in [0.5, 0.6) is 0 Å². The summed E-state index contributed by atoms with van der Waals surface area (Å²) < 4.78 is 0. The number of amides is 2. The molecule has 1 aliphatic heterocycles. The van der Waals surface area contributed by atoms with Crippen molar-refractivity contribution in [1.29, 1.82) is 0 Å². The Balaban J connectivity index is 1.61. The summed E-state index contributed by atoms with van der Waals surface area (Å²) in [6.07, 6.45) is 5.52.